The minimum atomic E-state index is -0.529. The number of nitrogens with one attached hydrogen (secondary N) is 1. The maximum absolute atomic E-state index is 13.0. The summed E-state index contributed by atoms with van der Waals surface area (Å²) >= 11 is 0. The van der Waals surface area contributed by atoms with Crippen LogP contribution in [0.15, 0.2) is 30.3 Å². The van der Waals surface area contributed by atoms with Crippen LogP contribution in [-0.4, -0.2) is 76.8 Å². The normalized spacial score (nSPS) is 22.8. The first-order valence-electron chi connectivity index (χ1n) is 10.5. The lowest BCUT2D eigenvalue weighted by Gasteiger charge is -2.37. The van der Waals surface area contributed by atoms with Crippen molar-refractivity contribution in [2.24, 2.45) is 0 Å². The van der Waals surface area contributed by atoms with E-state index in [-0.39, 0.29) is 24.5 Å². The van der Waals surface area contributed by atoms with Crippen LogP contribution < -0.4 is 5.32 Å². The standard InChI is InChI=1S/C22H29N5O3/c1-15-13-25(11-12-30-15)19(28)14-26-10-9-23-22(29)21(26)20-16(2)24-27(17(20)3)18-7-5-4-6-8-18/h4-8,15,21H,9-14H2,1-3H3,(H,23,29). The number of carbonyl (C=O) groups is 2. The SMILES string of the molecule is Cc1nn(-c2ccccc2)c(C)c1C1C(=O)NCCN1CC(=O)N1CCOC(C)C1. The highest BCUT2D eigenvalue weighted by atomic mass is 16.5. The first kappa shape index (κ1) is 20.6. The molecule has 4 rings (SSSR count). The Labute approximate surface area is 176 Å². The Bertz CT molecular complexity index is 926. The van der Waals surface area contributed by atoms with Crippen molar-refractivity contribution in [2.45, 2.75) is 32.9 Å². The predicted molar refractivity (Wildman–Crippen MR) is 112 cm³/mol. The van der Waals surface area contributed by atoms with Crippen LogP contribution in [0.4, 0.5) is 0 Å². The first-order chi connectivity index (χ1) is 14.5. The molecule has 0 aliphatic carbocycles. The number of aromatic nitrogens is 2. The second kappa shape index (κ2) is 8.57. The zero-order valence-corrected chi connectivity index (χ0v) is 17.8. The lowest BCUT2D eigenvalue weighted by atomic mass is 10.00. The summed E-state index contributed by atoms with van der Waals surface area (Å²) in [4.78, 5) is 29.7. The maximum Gasteiger partial charge on any atom is 0.242 e. The molecule has 2 unspecified atom stereocenters. The van der Waals surface area contributed by atoms with E-state index in [1.165, 1.54) is 0 Å². The van der Waals surface area contributed by atoms with Gasteiger partial charge in [-0.25, -0.2) is 4.68 Å². The molecule has 1 aromatic heterocycles. The number of rotatable bonds is 4. The third-order valence-electron chi connectivity index (χ3n) is 5.87. The molecule has 3 heterocycles. The van der Waals surface area contributed by atoms with E-state index in [1.807, 2.05) is 65.6 Å². The molecule has 1 N–H and O–H groups in total. The largest absolute Gasteiger partial charge is 0.375 e. The topological polar surface area (TPSA) is 79.7 Å². The number of ether oxygens (including phenoxy) is 1. The van der Waals surface area contributed by atoms with Crippen LogP contribution >= 0.6 is 0 Å². The van der Waals surface area contributed by atoms with Gasteiger partial charge in [0.15, 0.2) is 0 Å². The van der Waals surface area contributed by atoms with Crippen LogP contribution in [0.1, 0.15) is 29.9 Å². The molecule has 2 aliphatic rings. The van der Waals surface area contributed by atoms with Crippen molar-refractivity contribution in [2.75, 3.05) is 39.3 Å². The Morgan fingerprint density at radius 2 is 2.00 bits per heavy atom. The van der Waals surface area contributed by atoms with Gasteiger partial charge in [-0.1, -0.05) is 18.2 Å². The number of hydrogen-bond donors (Lipinski definition) is 1. The molecular weight excluding hydrogens is 382 g/mol. The van der Waals surface area contributed by atoms with Crippen molar-refractivity contribution in [1.82, 2.24) is 24.9 Å². The molecule has 0 radical (unpaired) electrons. The van der Waals surface area contributed by atoms with E-state index >= 15 is 0 Å². The van der Waals surface area contributed by atoms with Gasteiger partial charge >= 0.3 is 0 Å². The average molecular weight is 412 g/mol. The zero-order chi connectivity index (χ0) is 21.3. The highest BCUT2D eigenvalue weighted by Gasteiger charge is 2.37. The molecular formula is C22H29N5O3. The van der Waals surface area contributed by atoms with Crippen molar-refractivity contribution in [1.29, 1.82) is 0 Å². The van der Waals surface area contributed by atoms with E-state index in [0.717, 1.165) is 22.6 Å². The van der Waals surface area contributed by atoms with E-state index in [0.29, 0.717) is 32.8 Å². The molecule has 0 bridgehead atoms. The summed E-state index contributed by atoms with van der Waals surface area (Å²) in [7, 11) is 0. The lowest BCUT2D eigenvalue weighted by Crippen LogP contribution is -2.54. The Kier molecular flexibility index (Phi) is 5.87. The monoisotopic (exact) mass is 411 g/mol. The van der Waals surface area contributed by atoms with Crippen molar-refractivity contribution in [3.05, 3.63) is 47.3 Å². The number of amides is 2. The Balaban J connectivity index is 1.62. The minimum Gasteiger partial charge on any atom is -0.375 e. The van der Waals surface area contributed by atoms with E-state index < -0.39 is 6.04 Å². The van der Waals surface area contributed by atoms with Gasteiger partial charge < -0.3 is 15.0 Å². The molecule has 2 amide bonds. The van der Waals surface area contributed by atoms with E-state index in [2.05, 4.69) is 5.32 Å². The quantitative estimate of drug-likeness (QED) is 0.818. The van der Waals surface area contributed by atoms with Crippen LogP contribution in [0.25, 0.3) is 5.69 Å². The zero-order valence-electron chi connectivity index (χ0n) is 17.8. The molecule has 2 aromatic rings. The fourth-order valence-electron chi connectivity index (χ4n) is 4.39. The van der Waals surface area contributed by atoms with Crippen molar-refractivity contribution in [3.63, 3.8) is 0 Å². The van der Waals surface area contributed by atoms with Gasteiger partial charge in [0, 0.05) is 37.4 Å². The summed E-state index contributed by atoms with van der Waals surface area (Å²) in [6, 6.07) is 9.35. The molecule has 2 saturated heterocycles. The Hall–Kier alpha value is -2.71. The average Bonchev–Trinajstić information content (AvgIpc) is 3.03. The minimum absolute atomic E-state index is 0.0376. The Morgan fingerprint density at radius 3 is 2.73 bits per heavy atom. The third kappa shape index (κ3) is 3.97. The molecule has 8 nitrogen and oxygen atoms in total. The molecule has 160 valence electrons. The summed E-state index contributed by atoms with van der Waals surface area (Å²) in [5.74, 6) is -0.0428. The van der Waals surface area contributed by atoms with Crippen LogP contribution in [0.2, 0.25) is 0 Å². The number of piperazine rings is 1. The number of carbonyl (C=O) groups excluding carboxylic acids is 2. The van der Waals surface area contributed by atoms with Gasteiger partial charge in [0.25, 0.3) is 0 Å². The second-order valence-corrected chi connectivity index (χ2v) is 8.02. The van der Waals surface area contributed by atoms with Crippen LogP contribution in [0, 0.1) is 13.8 Å². The molecule has 0 spiro atoms. The van der Waals surface area contributed by atoms with Gasteiger partial charge in [-0.3, -0.25) is 14.5 Å². The van der Waals surface area contributed by atoms with Crippen molar-refractivity contribution >= 4 is 11.8 Å². The van der Waals surface area contributed by atoms with Gasteiger partial charge in [0.1, 0.15) is 6.04 Å². The molecule has 2 atom stereocenters. The van der Waals surface area contributed by atoms with Gasteiger partial charge in [-0.2, -0.15) is 5.10 Å². The number of para-hydroxylation sites is 1. The number of morpholine rings is 1. The molecule has 2 fully saturated rings. The van der Waals surface area contributed by atoms with Gasteiger partial charge in [0.05, 0.1) is 30.6 Å². The predicted octanol–water partition coefficient (Wildman–Crippen LogP) is 1.21. The fourth-order valence-corrected chi connectivity index (χ4v) is 4.39. The second-order valence-electron chi connectivity index (χ2n) is 8.02. The highest BCUT2D eigenvalue weighted by Crippen LogP contribution is 2.30. The molecule has 30 heavy (non-hydrogen) atoms. The van der Waals surface area contributed by atoms with Crippen LogP contribution in [0.5, 0.6) is 0 Å². The van der Waals surface area contributed by atoms with Gasteiger partial charge in [-0.05, 0) is 32.9 Å². The summed E-state index contributed by atoms with van der Waals surface area (Å²) in [5, 5.41) is 7.66. The summed E-state index contributed by atoms with van der Waals surface area (Å²) in [6.07, 6.45) is 0.0387. The molecule has 2 aliphatic heterocycles. The van der Waals surface area contributed by atoms with Crippen LogP contribution in [-0.2, 0) is 14.3 Å². The first-order valence-corrected chi connectivity index (χ1v) is 10.5. The number of benzene rings is 1. The van der Waals surface area contributed by atoms with E-state index in [1.54, 1.807) is 0 Å². The van der Waals surface area contributed by atoms with Gasteiger partial charge in [-0.15, -0.1) is 0 Å². The molecule has 1 aromatic carbocycles. The highest BCUT2D eigenvalue weighted by molar-refractivity contribution is 5.86. The fraction of sp³-hybridized carbons (Fsp3) is 0.500. The lowest BCUT2D eigenvalue weighted by molar-refractivity contribution is -0.142. The number of aryl methyl sites for hydroxylation is 1. The molecule has 8 heteroatoms. The number of nitrogens with zero attached hydrogens (tertiary/aromatic N) is 4. The summed E-state index contributed by atoms with van der Waals surface area (Å²) in [6.45, 7) is 8.98. The Morgan fingerprint density at radius 1 is 1.23 bits per heavy atom. The van der Waals surface area contributed by atoms with E-state index in [9.17, 15) is 9.59 Å². The number of hydrogen-bond acceptors (Lipinski definition) is 5. The summed E-state index contributed by atoms with van der Waals surface area (Å²) < 4.78 is 7.42. The van der Waals surface area contributed by atoms with Crippen molar-refractivity contribution < 1.29 is 14.3 Å². The molecule has 0 saturated carbocycles. The smallest absolute Gasteiger partial charge is 0.242 e. The summed E-state index contributed by atoms with van der Waals surface area (Å²) in [5.41, 5.74) is 3.54. The van der Waals surface area contributed by atoms with Crippen LogP contribution in [0.3, 0.4) is 0 Å². The van der Waals surface area contributed by atoms with Crippen molar-refractivity contribution in [3.8, 4) is 5.69 Å². The maximum atomic E-state index is 13.0. The van der Waals surface area contributed by atoms with Gasteiger partial charge in [0.2, 0.25) is 11.8 Å². The van der Waals surface area contributed by atoms with E-state index in [4.69, 9.17) is 9.84 Å². The third-order valence-corrected chi connectivity index (χ3v) is 5.87.